The van der Waals surface area contributed by atoms with Gasteiger partial charge in [0.15, 0.2) is 0 Å². The van der Waals surface area contributed by atoms with Crippen molar-refractivity contribution in [3.05, 3.63) is 11.7 Å². The lowest BCUT2D eigenvalue weighted by Gasteiger charge is -2.27. The van der Waals surface area contributed by atoms with Gasteiger partial charge in [-0.15, -0.1) is 0 Å². The summed E-state index contributed by atoms with van der Waals surface area (Å²) in [5, 5.41) is 7.55. The fraction of sp³-hybridized carbons (Fsp3) is 0.875. The van der Waals surface area contributed by atoms with Crippen LogP contribution in [0, 0.1) is 5.92 Å². The second-order valence-electron chi connectivity index (χ2n) is 6.47. The molecule has 5 nitrogen and oxygen atoms in total. The molecule has 0 saturated heterocycles. The number of aromatic nitrogens is 2. The molecule has 0 bridgehead atoms. The van der Waals surface area contributed by atoms with Crippen molar-refractivity contribution in [3.63, 3.8) is 0 Å². The molecule has 0 radical (unpaired) electrons. The van der Waals surface area contributed by atoms with Gasteiger partial charge in [0.05, 0.1) is 0 Å². The Morgan fingerprint density at radius 1 is 1.24 bits per heavy atom. The van der Waals surface area contributed by atoms with Crippen LogP contribution < -0.4 is 5.32 Å². The summed E-state index contributed by atoms with van der Waals surface area (Å²) in [6, 6.07) is 0.353. The summed E-state index contributed by atoms with van der Waals surface area (Å²) in [6.07, 6.45) is 7.62. The Bertz CT molecular complexity index is 423. The maximum Gasteiger partial charge on any atom is 0.228 e. The molecule has 21 heavy (non-hydrogen) atoms. The van der Waals surface area contributed by atoms with Crippen LogP contribution in [0.15, 0.2) is 4.52 Å². The Labute approximate surface area is 127 Å². The molecule has 1 aromatic rings. The predicted octanol–water partition coefficient (Wildman–Crippen LogP) is 3.05. The number of nitrogens with zero attached hydrogens (tertiary/aromatic N) is 2. The van der Waals surface area contributed by atoms with Gasteiger partial charge in [-0.05, 0) is 25.8 Å². The molecular formula is C16H29N3O2. The second-order valence-corrected chi connectivity index (χ2v) is 6.47. The third-order valence-corrected chi connectivity index (χ3v) is 4.75. The van der Waals surface area contributed by atoms with Gasteiger partial charge >= 0.3 is 0 Å². The summed E-state index contributed by atoms with van der Waals surface area (Å²) in [7, 11) is 3.75. The van der Waals surface area contributed by atoms with Crippen LogP contribution in [-0.4, -0.2) is 30.3 Å². The van der Waals surface area contributed by atoms with E-state index < -0.39 is 0 Å². The van der Waals surface area contributed by atoms with Crippen molar-refractivity contribution in [1.82, 2.24) is 15.5 Å². The molecule has 1 saturated carbocycles. The summed E-state index contributed by atoms with van der Waals surface area (Å²) in [6.45, 7) is 4.39. The zero-order valence-corrected chi connectivity index (χ0v) is 13.8. The van der Waals surface area contributed by atoms with E-state index >= 15 is 0 Å². The van der Waals surface area contributed by atoms with Gasteiger partial charge in [-0.2, -0.15) is 4.98 Å². The topological polar surface area (TPSA) is 60.2 Å². The quantitative estimate of drug-likeness (QED) is 0.817. The molecule has 0 amide bonds. The van der Waals surface area contributed by atoms with E-state index in [1.807, 2.05) is 7.05 Å². The molecule has 120 valence electrons. The maximum atomic E-state index is 5.84. The van der Waals surface area contributed by atoms with Gasteiger partial charge in [0, 0.05) is 19.6 Å². The first-order chi connectivity index (χ1) is 10.1. The number of nitrogens with one attached hydrogen (secondary N) is 1. The molecule has 0 aromatic carbocycles. The SMILES string of the molecule is CNC(Cc1nc(C2(OC)CCCCCC2)no1)C(C)C. The summed E-state index contributed by atoms with van der Waals surface area (Å²) in [5.41, 5.74) is -0.342. The van der Waals surface area contributed by atoms with Crippen molar-refractivity contribution in [1.29, 1.82) is 0 Å². The van der Waals surface area contributed by atoms with Crippen LogP contribution in [0.25, 0.3) is 0 Å². The highest BCUT2D eigenvalue weighted by Gasteiger charge is 2.37. The molecule has 1 aliphatic rings. The van der Waals surface area contributed by atoms with E-state index in [9.17, 15) is 0 Å². The predicted molar refractivity (Wildman–Crippen MR) is 82.1 cm³/mol. The van der Waals surface area contributed by atoms with Gasteiger partial charge in [0.25, 0.3) is 0 Å². The van der Waals surface area contributed by atoms with Crippen LogP contribution in [0.4, 0.5) is 0 Å². The monoisotopic (exact) mass is 295 g/mol. The lowest BCUT2D eigenvalue weighted by atomic mass is 9.93. The lowest BCUT2D eigenvalue weighted by Crippen LogP contribution is -2.33. The van der Waals surface area contributed by atoms with Crippen LogP contribution in [0.5, 0.6) is 0 Å². The number of rotatable bonds is 6. The van der Waals surface area contributed by atoms with Crippen molar-refractivity contribution in [3.8, 4) is 0 Å². The van der Waals surface area contributed by atoms with Gasteiger partial charge in [0.2, 0.25) is 11.7 Å². The van der Waals surface area contributed by atoms with Crippen LogP contribution >= 0.6 is 0 Å². The van der Waals surface area contributed by atoms with Gasteiger partial charge < -0.3 is 14.6 Å². The smallest absolute Gasteiger partial charge is 0.228 e. The van der Waals surface area contributed by atoms with Gasteiger partial charge in [0.1, 0.15) is 5.60 Å². The summed E-state index contributed by atoms with van der Waals surface area (Å²) in [4.78, 5) is 4.65. The standard InChI is InChI=1S/C16H29N3O2/c1-12(2)13(17-3)11-14-18-15(19-21-14)16(20-4)9-7-5-6-8-10-16/h12-13,17H,5-11H2,1-4H3. The molecule has 1 aromatic heterocycles. The van der Waals surface area contributed by atoms with E-state index in [2.05, 4.69) is 29.3 Å². The molecule has 1 unspecified atom stereocenters. The Morgan fingerprint density at radius 3 is 2.43 bits per heavy atom. The Balaban J connectivity index is 2.13. The molecule has 1 heterocycles. The first kappa shape index (κ1) is 16.4. The normalized spacial score (nSPS) is 20.4. The van der Waals surface area contributed by atoms with E-state index in [-0.39, 0.29) is 5.60 Å². The maximum absolute atomic E-state index is 5.84. The minimum Gasteiger partial charge on any atom is -0.370 e. The Morgan fingerprint density at radius 2 is 1.90 bits per heavy atom. The number of methoxy groups -OCH3 is 1. The largest absolute Gasteiger partial charge is 0.370 e. The number of ether oxygens (including phenoxy) is 1. The van der Waals surface area contributed by atoms with Crippen LogP contribution in [0.2, 0.25) is 0 Å². The van der Waals surface area contributed by atoms with E-state index in [0.717, 1.165) is 25.1 Å². The van der Waals surface area contributed by atoms with Crippen LogP contribution in [-0.2, 0) is 16.8 Å². The van der Waals surface area contributed by atoms with Crippen molar-refractivity contribution in [2.75, 3.05) is 14.2 Å². The van der Waals surface area contributed by atoms with Gasteiger partial charge in [-0.25, -0.2) is 0 Å². The highest BCUT2D eigenvalue weighted by Crippen LogP contribution is 2.37. The van der Waals surface area contributed by atoms with Gasteiger partial charge in [-0.3, -0.25) is 0 Å². The third kappa shape index (κ3) is 3.83. The molecule has 0 aliphatic heterocycles. The molecule has 1 fully saturated rings. The number of hydrogen-bond donors (Lipinski definition) is 1. The van der Waals surface area contributed by atoms with E-state index in [1.165, 1.54) is 25.7 Å². The minimum atomic E-state index is -0.342. The summed E-state index contributed by atoms with van der Waals surface area (Å²) in [5.74, 6) is 1.97. The average Bonchev–Trinajstić information content (AvgIpc) is 2.81. The molecular weight excluding hydrogens is 266 g/mol. The zero-order chi connectivity index (χ0) is 15.3. The summed E-state index contributed by atoms with van der Waals surface area (Å²) >= 11 is 0. The first-order valence-corrected chi connectivity index (χ1v) is 8.17. The average molecular weight is 295 g/mol. The van der Waals surface area contributed by atoms with Crippen LogP contribution in [0.1, 0.15) is 64.1 Å². The van der Waals surface area contributed by atoms with Crippen molar-refractivity contribution in [2.45, 2.75) is 70.4 Å². The summed E-state index contributed by atoms with van der Waals surface area (Å²) < 4.78 is 11.3. The molecule has 2 rings (SSSR count). The molecule has 1 atom stereocenters. The fourth-order valence-electron chi connectivity index (χ4n) is 3.20. The Kier molecular flexibility index (Phi) is 5.76. The fourth-order valence-corrected chi connectivity index (χ4v) is 3.20. The number of hydrogen-bond acceptors (Lipinski definition) is 5. The van der Waals surface area contributed by atoms with Crippen molar-refractivity contribution < 1.29 is 9.26 Å². The molecule has 1 aliphatic carbocycles. The van der Waals surface area contributed by atoms with Crippen molar-refractivity contribution >= 4 is 0 Å². The highest BCUT2D eigenvalue weighted by molar-refractivity contribution is 5.03. The van der Waals surface area contributed by atoms with Crippen molar-refractivity contribution in [2.24, 2.45) is 5.92 Å². The zero-order valence-electron chi connectivity index (χ0n) is 13.8. The van der Waals surface area contributed by atoms with E-state index in [0.29, 0.717) is 17.9 Å². The van der Waals surface area contributed by atoms with E-state index in [4.69, 9.17) is 9.26 Å². The minimum absolute atomic E-state index is 0.342. The molecule has 1 N–H and O–H groups in total. The highest BCUT2D eigenvalue weighted by atomic mass is 16.5. The molecule has 0 spiro atoms. The number of likely N-dealkylation sites (N-methyl/N-ethyl adjacent to an activating group) is 1. The van der Waals surface area contributed by atoms with Crippen LogP contribution in [0.3, 0.4) is 0 Å². The third-order valence-electron chi connectivity index (χ3n) is 4.75. The first-order valence-electron chi connectivity index (χ1n) is 8.17. The lowest BCUT2D eigenvalue weighted by molar-refractivity contribution is -0.0365. The molecule has 5 heteroatoms. The van der Waals surface area contributed by atoms with Gasteiger partial charge in [-0.1, -0.05) is 44.7 Å². The van der Waals surface area contributed by atoms with E-state index in [1.54, 1.807) is 7.11 Å². The second kappa shape index (κ2) is 7.36. The Hall–Kier alpha value is -0.940.